The molecule has 7 aromatic rings. The quantitative estimate of drug-likeness (QED) is 0.0538. The standard InChI is InChI=1S/C31H34N2O3.C24H28N2O3.CH4/c1-3-21-14-23-16-25(17-24(23)15-22(21)4-2)32-18-28(34)26-10-12-29(31-27(26)11-13-30(35)33-31)36-19-20-8-6-5-7-9-20;1-3-14-9-16-11-18(12-17(16)10-15(14)4-2)25-13-22(28)19-5-7-21(27)24-20(19)6-8-23(29)26-24;/h5-15,25,28,32,34H,3-4,16-19H2,1-2H3,(H,33,35);5-10,18,22,25,27-28H,3-4,11-13H2,1-2H3,(H,26,29);1H4/t28-;22-;/m00./s1. The van der Waals surface area contributed by atoms with Crippen LogP contribution in [0, 0.1) is 0 Å². The number of aryl methyl sites for hydroxylation is 4. The zero-order chi connectivity index (χ0) is 45.6. The van der Waals surface area contributed by atoms with Gasteiger partial charge in [-0.05, 0) is 137 Å². The van der Waals surface area contributed by atoms with Crippen molar-refractivity contribution in [1.29, 1.82) is 0 Å². The highest BCUT2D eigenvalue weighted by Crippen LogP contribution is 2.33. The summed E-state index contributed by atoms with van der Waals surface area (Å²) in [6.07, 6.45) is 6.73. The third kappa shape index (κ3) is 10.6. The number of pyridine rings is 2. The highest BCUT2D eigenvalue weighted by molar-refractivity contribution is 5.88. The number of aliphatic hydroxyl groups excluding tert-OH is 2. The molecule has 346 valence electrons. The molecule has 2 atom stereocenters. The summed E-state index contributed by atoms with van der Waals surface area (Å²) in [6.45, 7) is 10.1. The zero-order valence-corrected chi connectivity index (χ0v) is 38.0. The fraction of sp³-hybridized carbons (Fsp3) is 0.357. The molecule has 0 bridgehead atoms. The van der Waals surface area contributed by atoms with E-state index in [1.807, 2.05) is 42.5 Å². The van der Waals surface area contributed by atoms with Crippen molar-refractivity contribution in [2.75, 3.05) is 13.1 Å². The number of benzene rings is 5. The number of ether oxygens (including phenoxy) is 1. The molecule has 0 spiro atoms. The Labute approximate surface area is 388 Å². The molecule has 2 aliphatic rings. The maximum Gasteiger partial charge on any atom is 0.248 e. The molecule has 0 saturated carbocycles. The Bertz CT molecular complexity index is 2840. The number of nitrogens with one attached hydrogen (secondary N) is 4. The van der Waals surface area contributed by atoms with Crippen LogP contribution >= 0.6 is 0 Å². The van der Waals surface area contributed by atoms with E-state index < -0.39 is 12.2 Å². The number of aliphatic hydroxyl groups is 2. The molecule has 7 N–H and O–H groups in total. The lowest BCUT2D eigenvalue weighted by Gasteiger charge is -2.19. The van der Waals surface area contributed by atoms with Crippen molar-refractivity contribution in [3.8, 4) is 11.5 Å². The molecule has 0 unspecified atom stereocenters. The van der Waals surface area contributed by atoms with Gasteiger partial charge in [0.1, 0.15) is 18.1 Å². The van der Waals surface area contributed by atoms with Crippen LogP contribution in [0.2, 0.25) is 0 Å². The first-order valence-corrected chi connectivity index (χ1v) is 23.3. The molecule has 5 aromatic carbocycles. The van der Waals surface area contributed by atoms with Gasteiger partial charge in [-0.2, -0.15) is 0 Å². The number of hydrogen-bond acceptors (Lipinski definition) is 8. The summed E-state index contributed by atoms with van der Waals surface area (Å²) in [5.41, 5.74) is 14.5. The van der Waals surface area contributed by atoms with Gasteiger partial charge in [0.2, 0.25) is 11.1 Å². The Balaban J connectivity index is 0.000000198. The van der Waals surface area contributed by atoms with Crippen LogP contribution in [0.3, 0.4) is 0 Å². The van der Waals surface area contributed by atoms with Gasteiger partial charge < -0.3 is 40.7 Å². The number of hydrogen-bond donors (Lipinski definition) is 7. The van der Waals surface area contributed by atoms with Crippen molar-refractivity contribution >= 4 is 21.8 Å². The lowest BCUT2D eigenvalue weighted by Crippen LogP contribution is -2.33. The van der Waals surface area contributed by atoms with Crippen molar-refractivity contribution in [2.45, 2.75) is 117 Å². The van der Waals surface area contributed by atoms with Gasteiger partial charge in [0.05, 0.1) is 23.2 Å². The van der Waals surface area contributed by atoms with Gasteiger partial charge in [0.25, 0.3) is 0 Å². The molecule has 2 heterocycles. The Morgan fingerprint density at radius 2 is 1.00 bits per heavy atom. The van der Waals surface area contributed by atoms with Gasteiger partial charge in [0, 0.05) is 48.1 Å². The van der Waals surface area contributed by atoms with Crippen LogP contribution in [0.1, 0.15) is 109 Å². The molecule has 66 heavy (non-hydrogen) atoms. The molecule has 10 nitrogen and oxygen atoms in total. The van der Waals surface area contributed by atoms with E-state index in [-0.39, 0.29) is 24.3 Å². The Morgan fingerprint density at radius 1 is 0.576 bits per heavy atom. The Hall–Kier alpha value is -6.04. The molecule has 2 aromatic heterocycles. The van der Waals surface area contributed by atoms with E-state index >= 15 is 0 Å². The minimum atomic E-state index is -0.731. The first-order chi connectivity index (χ1) is 31.5. The number of rotatable bonds is 15. The average Bonchev–Trinajstić information content (AvgIpc) is 3.93. The second-order valence-corrected chi connectivity index (χ2v) is 17.6. The van der Waals surface area contributed by atoms with Crippen LogP contribution in [0.5, 0.6) is 11.5 Å². The summed E-state index contributed by atoms with van der Waals surface area (Å²) < 4.78 is 6.04. The fourth-order valence-corrected chi connectivity index (χ4v) is 9.87. The topological polar surface area (TPSA) is 160 Å². The van der Waals surface area contributed by atoms with E-state index in [1.54, 1.807) is 18.2 Å². The maximum absolute atomic E-state index is 12.1. The van der Waals surface area contributed by atoms with Crippen molar-refractivity contribution < 1.29 is 20.1 Å². The largest absolute Gasteiger partial charge is 0.506 e. The Morgan fingerprint density at radius 3 is 1.45 bits per heavy atom. The lowest BCUT2D eigenvalue weighted by atomic mass is 9.97. The lowest BCUT2D eigenvalue weighted by molar-refractivity contribution is 0.171. The monoisotopic (exact) mass is 890 g/mol. The summed E-state index contributed by atoms with van der Waals surface area (Å²) in [5, 5.41) is 40.5. The Kier molecular flexibility index (Phi) is 15.6. The van der Waals surface area contributed by atoms with Gasteiger partial charge in [-0.25, -0.2) is 0 Å². The number of fused-ring (bicyclic) bond motifs is 4. The van der Waals surface area contributed by atoms with Gasteiger partial charge in [-0.15, -0.1) is 0 Å². The second kappa shape index (κ2) is 21.5. The van der Waals surface area contributed by atoms with Crippen LogP contribution in [-0.4, -0.2) is 50.5 Å². The van der Waals surface area contributed by atoms with Crippen LogP contribution in [0.25, 0.3) is 21.8 Å². The van der Waals surface area contributed by atoms with E-state index in [4.69, 9.17) is 4.74 Å². The number of aromatic amines is 2. The van der Waals surface area contributed by atoms with Crippen LogP contribution in [0.15, 0.2) is 113 Å². The van der Waals surface area contributed by atoms with Crippen molar-refractivity contribution in [3.05, 3.63) is 185 Å². The number of H-pyrrole nitrogens is 2. The molecule has 10 heteroatoms. The molecule has 0 fully saturated rings. The third-order valence-corrected chi connectivity index (χ3v) is 13.4. The van der Waals surface area contributed by atoms with Crippen LogP contribution in [0.4, 0.5) is 0 Å². The average molecular weight is 891 g/mol. The highest BCUT2D eigenvalue weighted by Gasteiger charge is 2.26. The number of aromatic nitrogens is 2. The van der Waals surface area contributed by atoms with Gasteiger partial charge >= 0.3 is 0 Å². The molecular weight excluding hydrogens is 825 g/mol. The van der Waals surface area contributed by atoms with Crippen LogP contribution in [-0.2, 0) is 58.0 Å². The molecular formula is C56H66N4O6. The van der Waals surface area contributed by atoms with Gasteiger partial charge in [-0.1, -0.05) is 102 Å². The first-order valence-electron chi connectivity index (χ1n) is 23.3. The van der Waals surface area contributed by atoms with Gasteiger partial charge in [-0.3, -0.25) is 9.59 Å². The predicted molar refractivity (Wildman–Crippen MR) is 267 cm³/mol. The summed E-state index contributed by atoms with van der Waals surface area (Å²) in [6, 6.07) is 33.3. The van der Waals surface area contributed by atoms with E-state index in [0.717, 1.165) is 67.9 Å². The summed E-state index contributed by atoms with van der Waals surface area (Å²) in [4.78, 5) is 29.2. The highest BCUT2D eigenvalue weighted by atomic mass is 16.5. The first kappa shape index (κ1) is 47.9. The van der Waals surface area contributed by atoms with E-state index in [0.29, 0.717) is 59.5 Å². The molecule has 0 radical (unpaired) electrons. The summed E-state index contributed by atoms with van der Waals surface area (Å²) in [5.74, 6) is 0.603. The zero-order valence-electron chi connectivity index (χ0n) is 38.0. The second-order valence-electron chi connectivity index (χ2n) is 17.6. The minimum Gasteiger partial charge on any atom is -0.506 e. The number of aromatic hydroxyl groups is 1. The fourth-order valence-electron chi connectivity index (χ4n) is 9.87. The van der Waals surface area contributed by atoms with E-state index in [1.165, 1.54) is 62.7 Å². The SMILES string of the molecule is C.CCc1cc2c(cc1CC)CC(NC[C@H](O)c1ccc(O)c3[nH]c(=O)ccc13)C2.CCc1cc2c(cc1CC)CC(NC[C@H](O)c1ccc(OCc3ccccc3)c3[nH]c(=O)ccc13)C2. The van der Waals surface area contributed by atoms with E-state index in [2.05, 4.69) is 72.6 Å². The summed E-state index contributed by atoms with van der Waals surface area (Å²) in [7, 11) is 0. The van der Waals surface area contributed by atoms with Gasteiger partial charge in [0.15, 0.2) is 0 Å². The molecule has 9 rings (SSSR count). The minimum absolute atomic E-state index is 0. The predicted octanol–water partition coefficient (Wildman–Crippen LogP) is 8.81. The molecule has 0 amide bonds. The third-order valence-electron chi connectivity index (χ3n) is 13.4. The molecule has 0 aliphatic heterocycles. The van der Waals surface area contributed by atoms with Crippen molar-refractivity contribution in [3.63, 3.8) is 0 Å². The molecule has 2 aliphatic carbocycles. The summed E-state index contributed by atoms with van der Waals surface area (Å²) >= 11 is 0. The number of phenols is 1. The van der Waals surface area contributed by atoms with Crippen LogP contribution < -0.4 is 26.5 Å². The van der Waals surface area contributed by atoms with Crippen molar-refractivity contribution in [1.82, 2.24) is 20.6 Å². The normalized spacial score (nSPS) is 14.3. The number of phenolic OH excluding ortho intramolecular Hbond substituents is 1. The van der Waals surface area contributed by atoms with Crippen molar-refractivity contribution in [2.24, 2.45) is 0 Å². The molecule has 0 saturated heterocycles. The van der Waals surface area contributed by atoms with E-state index in [9.17, 15) is 24.9 Å². The maximum atomic E-state index is 12.1. The smallest absolute Gasteiger partial charge is 0.248 e.